The van der Waals surface area contributed by atoms with E-state index in [0.29, 0.717) is 0 Å². The van der Waals surface area contributed by atoms with Crippen LogP contribution in [0.2, 0.25) is 0 Å². The van der Waals surface area contributed by atoms with Gasteiger partial charge in [0.1, 0.15) is 18.3 Å². The SMILES string of the molecule is Cn1ncc(NC(=O)OCC2c3ccccc3-c3ccccc32)c1C(=O)N1C[C@H](O)C[C@H]1C(=O)O. The van der Waals surface area contributed by atoms with Crippen LogP contribution in [0.25, 0.3) is 11.1 Å². The summed E-state index contributed by atoms with van der Waals surface area (Å²) in [7, 11) is 1.51. The Morgan fingerprint density at radius 3 is 2.34 bits per heavy atom. The molecule has 2 aliphatic rings. The summed E-state index contributed by atoms with van der Waals surface area (Å²) in [5.74, 6) is -1.98. The maximum Gasteiger partial charge on any atom is 0.411 e. The highest BCUT2D eigenvalue weighted by Gasteiger charge is 2.41. The van der Waals surface area contributed by atoms with Gasteiger partial charge in [0.2, 0.25) is 0 Å². The van der Waals surface area contributed by atoms with Crippen LogP contribution < -0.4 is 5.32 Å². The van der Waals surface area contributed by atoms with E-state index in [2.05, 4.69) is 10.4 Å². The lowest BCUT2D eigenvalue weighted by Gasteiger charge is -2.21. The smallest absolute Gasteiger partial charge is 0.411 e. The van der Waals surface area contributed by atoms with E-state index in [-0.39, 0.29) is 36.9 Å². The molecule has 2 amide bonds. The zero-order valence-electron chi connectivity index (χ0n) is 18.9. The second-order valence-corrected chi connectivity index (χ2v) is 8.68. The van der Waals surface area contributed by atoms with E-state index in [0.717, 1.165) is 27.2 Å². The third-order valence-electron chi connectivity index (χ3n) is 6.55. The number of hydrogen-bond donors (Lipinski definition) is 3. The number of carbonyl (C=O) groups excluding carboxylic acids is 2. The van der Waals surface area contributed by atoms with Crippen LogP contribution in [0.3, 0.4) is 0 Å². The topological polar surface area (TPSA) is 134 Å². The number of hydrogen-bond acceptors (Lipinski definition) is 6. The number of aliphatic hydroxyl groups is 1. The number of likely N-dealkylation sites (tertiary alicyclic amines) is 1. The fourth-order valence-electron chi connectivity index (χ4n) is 4.94. The summed E-state index contributed by atoms with van der Waals surface area (Å²) in [6.45, 7) is -0.0197. The molecule has 0 unspecified atom stereocenters. The number of carboxylic acid groups (broad SMARTS) is 1. The molecule has 180 valence electrons. The number of ether oxygens (including phenoxy) is 1. The van der Waals surface area contributed by atoms with Crippen molar-refractivity contribution >= 4 is 23.7 Å². The number of fused-ring (bicyclic) bond motifs is 3. The first-order chi connectivity index (χ1) is 16.8. The van der Waals surface area contributed by atoms with Crippen LogP contribution in [0.5, 0.6) is 0 Å². The van der Waals surface area contributed by atoms with Crippen LogP contribution in [0.15, 0.2) is 54.7 Å². The molecule has 5 rings (SSSR count). The van der Waals surface area contributed by atoms with Gasteiger partial charge in [-0.05, 0) is 22.3 Å². The third-order valence-corrected chi connectivity index (χ3v) is 6.55. The number of aliphatic carboxylic acids is 1. The minimum Gasteiger partial charge on any atom is -0.480 e. The Hall–Kier alpha value is -4.18. The van der Waals surface area contributed by atoms with E-state index in [1.807, 2.05) is 48.5 Å². The van der Waals surface area contributed by atoms with Crippen LogP contribution in [-0.4, -0.2) is 68.2 Å². The van der Waals surface area contributed by atoms with Crippen molar-refractivity contribution in [3.63, 3.8) is 0 Å². The second-order valence-electron chi connectivity index (χ2n) is 8.68. The molecular weight excluding hydrogens is 452 g/mol. The van der Waals surface area contributed by atoms with E-state index in [9.17, 15) is 24.6 Å². The molecule has 0 saturated carbocycles. The van der Waals surface area contributed by atoms with E-state index in [4.69, 9.17) is 4.74 Å². The number of rotatable bonds is 5. The summed E-state index contributed by atoms with van der Waals surface area (Å²) >= 11 is 0. The summed E-state index contributed by atoms with van der Waals surface area (Å²) in [4.78, 5) is 38.5. The monoisotopic (exact) mass is 476 g/mol. The average Bonchev–Trinajstić information content (AvgIpc) is 3.51. The number of β-amino-alcohol motifs (C(OH)–C–C–N with tert-alkyl or cyclic N) is 1. The Labute approximate surface area is 200 Å². The van der Waals surface area contributed by atoms with Gasteiger partial charge in [0.15, 0.2) is 0 Å². The van der Waals surface area contributed by atoms with Gasteiger partial charge in [0, 0.05) is 25.9 Å². The molecule has 2 aromatic carbocycles. The van der Waals surface area contributed by atoms with Crippen LogP contribution in [0.1, 0.15) is 34.0 Å². The van der Waals surface area contributed by atoms with Gasteiger partial charge in [-0.3, -0.25) is 14.8 Å². The fraction of sp³-hybridized carbons (Fsp3) is 0.280. The summed E-state index contributed by atoms with van der Waals surface area (Å²) in [6, 6.07) is 14.8. The van der Waals surface area contributed by atoms with Crippen molar-refractivity contribution in [3.05, 3.63) is 71.5 Å². The molecule has 1 saturated heterocycles. The second kappa shape index (κ2) is 8.88. The minimum atomic E-state index is -1.21. The molecule has 0 spiro atoms. The van der Waals surface area contributed by atoms with Gasteiger partial charge < -0.3 is 19.8 Å². The van der Waals surface area contributed by atoms with Gasteiger partial charge in [-0.1, -0.05) is 48.5 Å². The molecule has 1 aliphatic heterocycles. The molecule has 2 heterocycles. The van der Waals surface area contributed by atoms with Crippen LogP contribution in [0.4, 0.5) is 10.5 Å². The van der Waals surface area contributed by atoms with Crippen LogP contribution >= 0.6 is 0 Å². The number of nitrogens with one attached hydrogen (secondary N) is 1. The summed E-state index contributed by atoms with van der Waals surface area (Å²) < 4.78 is 6.80. The van der Waals surface area contributed by atoms with Crippen molar-refractivity contribution in [2.75, 3.05) is 18.5 Å². The molecule has 10 nitrogen and oxygen atoms in total. The maximum absolute atomic E-state index is 13.1. The standard InChI is InChI=1S/C25H24N4O6/c1-28-22(23(31)29-12-14(30)10-21(29)24(32)33)20(11-26-28)27-25(34)35-13-19-17-8-4-2-6-15(17)16-7-3-5-9-18(16)19/h2-9,11,14,19,21,30H,10,12-13H2,1H3,(H,27,34)(H,32,33)/t14-,21+/m1/s1. The van der Waals surface area contributed by atoms with Crippen molar-refractivity contribution < 1.29 is 29.3 Å². The lowest BCUT2D eigenvalue weighted by Crippen LogP contribution is -2.41. The first kappa shape index (κ1) is 22.6. The van der Waals surface area contributed by atoms with E-state index >= 15 is 0 Å². The van der Waals surface area contributed by atoms with Crippen molar-refractivity contribution in [1.29, 1.82) is 0 Å². The zero-order chi connectivity index (χ0) is 24.7. The Balaban J connectivity index is 1.31. The van der Waals surface area contributed by atoms with Gasteiger partial charge in [-0.15, -0.1) is 0 Å². The Kier molecular flexibility index (Phi) is 5.73. The number of amides is 2. The van der Waals surface area contributed by atoms with Gasteiger partial charge >= 0.3 is 12.1 Å². The number of aliphatic hydroxyl groups excluding tert-OH is 1. The first-order valence-corrected chi connectivity index (χ1v) is 11.2. The van der Waals surface area contributed by atoms with E-state index < -0.39 is 30.1 Å². The van der Waals surface area contributed by atoms with E-state index in [1.54, 1.807) is 0 Å². The summed E-state index contributed by atoms with van der Waals surface area (Å²) in [6.07, 6.45) is -0.456. The predicted molar refractivity (Wildman–Crippen MR) is 125 cm³/mol. The number of benzene rings is 2. The quantitative estimate of drug-likeness (QED) is 0.515. The van der Waals surface area contributed by atoms with Gasteiger partial charge in [0.05, 0.1) is 18.0 Å². The molecule has 10 heteroatoms. The number of carboxylic acids is 1. The first-order valence-electron chi connectivity index (χ1n) is 11.2. The highest BCUT2D eigenvalue weighted by atomic mass is 16.5. The van der Waals surface area contributed by atoms with Gasteiger partial charge in [0.25, 0.3) is 5.91 Å². The number of anilines is 1. The largest absolute Gasteiger partial charge is 0.480 e. The average molecular weight is 476 g/mol. The van der Waals surface area contributed by atoms with E-state index in [1.165, 1.54) is 17.9 Å². The molecule has 1 aromatic heterocycles. The molecule has 2 atom stereocenters. The van der Waals surface area contributed by atoms with Crippen LogP contribution in [0, 0.1) is 0 Å². The maximum atomic E-state index is 13.1. The third kappa shape index (κ3) is 4.01. The number of carbonyl (C=O) groups is 3. The molecule has 0 bridgehead atoms. The summed E-state index contributed by atoms with van der Waals surface area (Å²) in [5.41, 5.74) is 4.47. The highest BCUT2D eigenvalue weighted by molar-refractivity contribution is 6.02. The molecule has 1 fully saturated rings. The molecule has 3 aromatic rings. The Morgan fingerprint density at radius 1 is 1.09 bits per heavy atom. The fourth-order valence-corrected chi connectivity index (χ4v) is 4.94. The number of aromatic nitrogens is 2. The number of aryl methyl sites for hydroxylation is 1. The molecule has 0 radical (unpaired) electrons. The van der Waals surface area contributed by atoms with Gasteiger partial charge in [-0.25, -0.2) is 9.59 Å². The normalized spacial score (nSPS) is 18.7. The molecular formula is C25H24N4O6. The van der Waals surface area contributed by atoms with Crippen molar-refractivity contribution in [1.82, 2.24) is 14.7 Å². The highest BCUT2D eigenvalue weighted by Crippen LogP contribution is 2.44. The number of nitrogens with zero attached hydrogens (tertiary/aromatic N) is 3. The van der Waals surface area contributed by atoms with Crippen molar-refractivity contribution in [2.45, 2.75) is 24.5 Å². The molecule has 1 aliphatic carbocycles. The molecule has 3 N–H and O–H groups in total. The predicted octanol–water partition coefficient (Wildman–Crippen LogP) is 2.44. The lowest BCUT2D eigenvalue weighted by atomic mass is 9.98. The minimum absolute atomic E-state index is 0.00106. The van der Waals surface area contributed by atoms with Crippen LogP contribution in [-0.2, 0) is 16.6 Å². The summed E-state index contributed by atoms with van der Waals surface area (Å²) in [5, 5.41) is 25.9. The van der Waals surface area contributed by atoms with Gasteiger partial charge in [-0.2, -0.15) is 5.10 Å². The molecule has 35 heavy (non-hydrogen) atoms. The Morgan fingerprint density at radius 2 is 1.71 bits per heavy atom. The zero-order valence-corrected chi connectivity index (χ0v) is 18.9. The lowest BCUT2D eigenvalue weighted by molar-refractivity contribution is -0.141. The Bertz CT molecular complexity index is 1270. The van der Waals surface area contributed by atoms with Crippen molar-refractivity contribution in [2.24, 2.45) is 7.05 Å². The van der Waals surface area contributed by atoms with Crippen molar-refractivity contribution in [3.8, 4) is 11.1 Å².